The molecule has 0 aromatic carbocycles. The van der Waals surface area contributed by atoms with E-state index in [1.807, 2.05) is 6.92 Å². The van der Waals surface area contributed by atoms with Crippen molar-refractivity contribution in [3.63, 3.8) is 0 Å². The van der Waals surface area contributed by atoms with Crippen molar-refractivity contribution in [1.29, 1.82) is 0 Å². The third-order valence-corrected chi connectivity index (χ3v) is 2.08. The summed E-state index contributed by atoms with van der Waals surface area (Å²) in [6, 6.07) is 0. The highest BCUT2D eigenvalue weighted by Crippen LogP contribution is 1.95. The normalized spacial score (nSPS) is 13.5. The Morgan fingerprint density at radius 1 is 1.25 bits per heavy atom. The van der Waals surface area contributed by atoms with E-state index < -0.39 is 0 Å². The Balaban J connectivity index is 3.92. The van der Waals surface area contributed by atoms with Gasteiger partial charge in [-0.3, -0.25) is 9.79 Å². The van der Waals surface area contributed by atoms with Crippen LogP contribution in [-0.2, 0) is 9.53 Å². The minimum atomic E-state index is -0.216. The summed E-state index contributed by atoms with van der Waals surface area (Å²) in [4.78, 5) is 15.2. The van der Waals surface area contributed by atoms with E-state index in [2.05, 4.69) is 34.2 Å². The van der Waals surface area contributed by atoms with Crippen molar-refractivity contribution in [2.45, 2.75) is 20.8 Å². The van der Waals surface area contributed by atoms with Gasteiger partial charge in [0.2, 0.25) is 0 Å². The molecule has 0 aliphatic heterocycles. The van der Waals surface area contributed by atoms with Gasteiger partial charge in [-0.25, -0.2) is 0 Å². The molecule has 0 saturated carbocycles. The predicted octanol–water partition coefficient (Wildman–Crippen LogP) is 0.616. The van der Waals surface area contributed by atoms with Gasteiger partial charge < -0.3 is 15.4 Å². The quantitative estimate of drug-likeness (QED) is 0.412. The minimum Gasteiger partial charge on any atom is -0.469 e. The Hall–Kier alpha value is -1.26. The second-order valence-electron chi connectivity index (χ2n) is 4.15. The molecule has 0 amide bonds. The molecule has 0 radical (unpaired) electrons. The average molecular weight is 229 g/mol. The summed E-state index contributed by atoms with van der Waals surface area (Å²) in [5, 5.41) is 6.25. The fourth-order valence-corrected chi connectivity index (χ4v) is 1.06. The van der Waals surface area contributed by atoms with Crippen LogP contribution in [0.5, 0.6) is 0 Å². The van der Waals surface area contributed by atoms with Gasteiger partial charge in [0, 0.05) is 20.1 Å². The molecule has 0 spiro atoms. The molecular formula is C11H23N3O2. The molecule has 0 aromatic heterocycles. The second kappa shape index (κ2) is 7.96. The van der Waals surface area contributed by atoms with Gasteiger partial charge in [-0.15, -0.1) is 0 Å². The minimum absolute atomic E-state index is 0.178. The molecule has 0 bridgehead atoms. The van der Waals surface area contributed by atoms with E-state index in [0.29, 0.717) is 18.4 Å². The topological polar surface area (TPSA) is 62.7 Å². The van der Waals surface area contributed by atoms with Crippen molar-refractivity contribution >= 4 is 11.9 Å². The van der Waals surface area contributed by atoms with Gasteiger partial charge in [0.15, 0.2) is 5.96 Å². The number of hydrogen-bond donors (Lipinski definition) is 2. The molecule has 0 rings (SSSR count). The lowest BCUT2D eigenvalue weighted by molar-refractivity contribution is -0.144. The summed E-state index contributed by atoms with van der Waals surface area (Å²) in [6.07, 6.45) is 0. The fraction of sp³-hybridized carbons (Fsp3) is 0.818. The van der Waals surface area contributed by atoms with Crippen LogP contribution in [0.1, 0.15) is 20.8 Å². The lowest BCUT2D eigenvalue weighted by Gasteiger charge is -2.15. The molecule has 2 N–H and O–H groups in total. The first-order valence-corrected chi connectivity index (χ1v) is 5.53. The molecule has 5 heteroatoms. The van der Waals surface area contributed by atoms with Gasteiger partial charge in [-0.1, -0.05) is 20.8 Å². The van der Waals surface area contributed by atoms with Crippen molar-refractivity contribution in [2.75, 3.05) is 27.2 Å². The standard InChI is InChI=1S/C11H23N3O2/c1-8(2)6-13-11(12-4)14-7-9(3)10(15)16-5/h8-9H,6-7H2,1-5H3,(H2,12,13,14). The first-order chi connectivity index (χ1) is 7.51. The molecule has 0 aliphatic rings. The van der Waals surface area contributed by atoms with Gasteiger partial charge in [0.1, 0.15) is 0 Å². The highest BCUT2D eigenvalue weighted by atomic mass is 16.5. The number of nitrogens with one attached hydrogen (secondary N) is 2. The second-order valence-corrected chi connectivity index (χ2v) is 4.15. The van der Waals surface area contributed by atoms with Crippen LogP contribution in [0.15, 0.2) is 4.99 Å². The van der Waals surface area contributed by atoms with Crippen LogP contribution in [0.25, 0.3) is 0 Å². The summed E-state index contributed by atoms with van der Waals surface area (Å²) >= 11 is 0. The largest absolute Gasteiger partial charge is 0.469 e. The predicted molar refractivity (Wildman–Crippen MR) is 65.4 cm³/mol. The summed E-state index contributed by atoms with van der Waals surface area (Å²) in [5.41, 5.74) is 0. The summed E-state index contributed by atoms with van der Waals surface area (Å²) in [7, 11) is 3.10. The number of nitrogens with zero attached hydrogens (tertiary/aromatic N) is 1. The molecule has 0 aliphatic carbocycles. The van der Waals surface area contributed by atoms with Crippen LogP contribution in [0, 0.1) is 11.8 Å². The number of methoxy groups -OCH3 is 1. The maximum Gasteiger partial charge on any atom is 0.310 e. The third kappa shape index (κ3) is 6.27. The number of aliphatic imine (C=N–C) groups is 1. The smallest absolute Gasteiger partial charge is 0.310 e. The summed E-state index contributed by atoms with van der Waals surface area (Å²) in [6.45, 7) is 7.43. The van der Waals surface area contributed by atoms with E-state index in [4.69, 9.17) is 0 Å². The molecule has 1 unspecified atom stereocenters. The first kappa shape index (κ1) is 14.7. The number of carbonyl (C=O) groups excluding carboxylic acids is 1. The molecule has 0 fully saturated rings. The number of carbonyl (C=O) groups is 1. The Morgan fingerprint density at radius 3 is 2.25 bits per heavy atom. The first-order valence-electron chi connectivity index (χ1n) is 5.53. The van der Waals surface area contributed by atoms with Crippen LogP contribution in [-0.4, -0.2) is 39.2 Å². The number of hydrogen-bond acceptors (Lipinski definition) is 3. The number of ether oxygens (including phenoxy) is 1. The maximum atomic E-state index is 11.2. The summed E-state index contributed by atoms with van der Waals surface area (Å²) in [5.74, 6) is 0.871. The van der Waals surface area contributed by atoms with Crippen molar-refractivity contribution in [1.82, 2.24) is 10.6 Å². The van der Waals surface area contributed by atoms with E-state index in [9.17, 15) is 4.79 Å². The Morgan fingerprint density at radius 2 is 1.81 bits per heavy atom. The molecule has 5 nitrogen and oxygen atoms in total. The van der Waals surface area contributed by atoms with Crippen LogP contribution >= 0.6 is 0 Å². The SMILES string of the molecule is CN=C(NCC(C)C)NCC(C)C(=O)OC. The van der Waals surface area contributed by atoms with Crippen molar-refractivity contribution in [2.24, 2.45) is 16.8 Å². The van der Waals surface area contributed by atoms with Crippen molar-refractivity contribution in [3.8, 4) is 0 Å². The Kier molecular flexibility index (Phi) is 7.33. The molecule has 1 atom stereocenters. The molecule has 94 valence electrons. The monoisotopic (exact) mass is 229 g/mol. The Labute approximate surface area is 97.7 Å². The summed E-state index contributed by atoms with van der Waals surface area (Å²) < 4.78 is 4.64. The van der Waals surface area contributed by atoms with Gasteiger partial charge >= 0.3 is 5.97 Å². The van der Waals surface area contributed by atoms with E-state index >= 15 is 0 Å². The zero-order valence-electron chi connectivity index (χ0n) is 10.8. The highest BCUT2D eigenvalue weighted by Gasteiger charge is 2.13. The van der Waals surface area contributed by atoms with Crippen LogP contribution in [0.3, 0.4) is 0 Å². The fourth-order valence-electron chi connectivity index (χ4n) is 1.06. The van der Waals surface area contributed by atoms with Gasteiger partial charge in [0.05, 0.1) is 13.0 Å². The van der Waals surface area contributed by atoms with Crippen LogP contribution in [0.2, 0.25) is 0 Å². The van der Waals surface area contributed by atoms with Crippen molar-refractivity contribution in [3.05, 3.63) is 0 Å². The number of guanidine groups is 1. The molecule has 16 heavy (non-hydrogen) atoms. The zero-order chi connectivity index (χ0) is 12.6. The molecule has 0 saturated heterocycles. The molecular weight excluding hydrogens is 206 g/mol. The van der Waals surface area contributed by atoms with E-state index in [-0.39, 0.29) is 11.9 Å². The van der Waals surface area contributed by atoms with E-state index in [1.54, 1.807) is 7.05 Å². The van der Waals surface area contributed by atoms with E-state index in [0.717, 1.165) is 6.54 Å². The number of rotatable bonds is 5. The van der Waals surface area contributed by atoms with E-state index in [1.165, 1.54) is 7.11 Å². The van der Waals surface area contributed by atoms with Crippen LogP contribution < -0.4 is 10.6 Å². The molecule has 0 heterocycles. The van der Waals surface area contributed by atoms with Crippen LogP contribution in [0.4, 0.5) is 0 Å². The van der Waals surface area contributed by atoms with Gasteiger partial charge in [-0.2, -0.15) is 0 Å². The highest BCUT2D eigenvalue weighted by molar-refractivity contribution is 5.80. The lowest BCUT2D eigenvalue weighted by atomic mass is 10.2. The van der Waals surface area contributed by atoms with Crippen molar-refractivity contribution < 1.29 is 9.53 Å². The average Bonchev–Trinajstić information content (AvgIpc) is 2.27. The third-order valence-electron chi connectivity index (χ3n) is 2.08. The number of esters is 1. The maximum absolute atomic E-state index is 11.2. The van der Waals surface area contributed by atoms with Gasteiger partial charge in [0.25, 0.3) is 0 Å². The Bertz CT molecular complexity index is 239. The molecule has 0 aromatic rings. The van der Waals surface area contributed by atoms with Gasteiger partial charge in [-0.05, 0) is 5.92 Å². The lowest BCUT2D eigenvalue weighted by Crippen LogP contribution is -2.42. The zero-order valence-corrected chi connectivity index (χ0v) is 10.8.